The Bertz CT molecular complexity index is 254. The molecular formula is C11H21NO4. The van der Waals surface area contributed by atoms with Crippen LogP contribution in [0, 0.1) is 0 Å². The first kappa shape index (κ1) is 13.4. The molecule has 1 fully saturated rings. The van der Waals surface area contributed by atoms with Gasteiger partial charge in [0.15, 0.2) is 0 Å². The van der Waals surface area contributed by atoms with E-state index >= 15 is 0 Å². The van der Waals surface area contributed by atoms with Crippen molar-refractivity contribution in [2.24, 2.45) is 0 Å². The Kier molecular flexibility index (Phi) is 4.29. The minimum atomic E-state index is -1.19. The van der Waals surface area contributed by atoms with Gasteiger partial charge in [0.2, 0.25) is 0 Å². The Morgan fingerprint density at radius 2 is 2.19 bits per heavy atom. The number of epoxide rings is 1. The van der Waals surface area contributed by atoms with Gasteiger partial charge in [0.25, 0.3) is 5.72 Å². The van der Waals surface area contributed by atoms with Gasteiger partial charge >= 0.3 is 5.97 Å². The van der Waals surface area contributed by atoms with E-state index in [1.165, 1.54) is 0 Å². The van der Waals surface area contributed by atoms with Crippen LogP contribution >= 0.6 is 0 Å². The number of hydrogen-bond donors (Lipinski definition) is 2. The summed E-state index contributed by atoms with van der Waals surface area (Å²) in [6, 6.07) is 0. The normalized spacial score (nSPS) is 27.4. The van der Waals surface area contributed by atoms with Crippen molar-refractivity contribution in [3.05, 3.63) is 0 Å². The number of carbonyl (C=O) groups is 1. The van der Waals surface area contributed by atoms with Crippen LogP contribution in [0.1, 0.15) is 33.6 Å². The average molecular weight is 231 g/mol. The van der Waals surface area contributed by atoms with E-state index in [0.717, 1.165) is 6.42 Å². The maximum absolute atomic E-state index is 11.3. The van der Waals surface area contributed by atoms with Gasteiger partial charge in [-0.05, 0) is 26.7 Å². The highest BCUT2D eigenvalue weighted by atomic mass is 16.7. The molecule has 5 nitrogen and oxygen atoms in total. The summed E-state index contributed by atoms with van der Waals surface area (Å²) in [5.74, 6) is -0.379. The van der Waals surface area contributed by atoms with E-state index in [1.807, 2.05) is 13.8 Å². The average Bonchev–Trinajstić information content (AvgIpc) is 2.91. The summed E-state index contributed by atoms with van der Waals surface area (Å²) >= 11 is 0. The fourth-order valence-corrected chi connectivity index (χ4v) is 1.57. The Morgan fingerprint density at radius 1 is 1.56 bits per heavy atom. The molecule has 16 heavy (non-hydrogen) atoms. The quantitative estimate of drug-likeness (QED) is 0.468. The van der Waals surface area contributed by atoms with E-state index in [4.69, 9.17) is 9.47 Å². The Balaban J connectivity index is 2.36. The molecule has 5 heteroatoms. The summed E-state index contributed by atoms with van der Waals surface area (Å²) in [7, 11) is 0. The lowest BCUT2D eigenvalue weighted by atomic mass is 9.93. The molecule has 94 valence electrons. The molecule has 0 aromatic rings. The molecule has 1 aliphatic rings. The number of hydrogen-bond acceptors (Lipinski definition) is 5. The molecule has 0 amide bonds. The Labute approximate surface area is 96.1 Å². The predicted molar refractivity (Wildman–Crippen MR) is 58.9 cm³/mol. The molecule has 0 aromatic carbocycles. The van der Waals surface area contributed by atoms with E-state index in [0.29, 0.717) is 26.2 Å². The molecule has 1 aliphatic heterocycles. The van der Waals surface area contributed by atoms with Crippen LogP contribution in [0.4, 0.5) is 0 Å². The molecule has 0 aliphatic carbocycles. The van der Waals surface area contributed by atoms with Crippen molar-refractivity contribution in [3.8, 4) is 0 Å². The summed E-state index contributed by atoms with van der Waals surface area (Å²) in [4.78, 5) is 11.3. The van der Waals surface area contributed by atoms with Gasteiger partial charge in [-0.1, -0.05) is 6.92 Å². The van der Waals surface area contributed by atoms with Gasteiger partial charge in [-0.3, -0.25) is 5.32 Å². The Morgan fingerprint density at radius 3 is 2.62 bits per heavy atom. The first-order valence-electron chi connectivity index (χ1n) is 5.78. The van der Waals surface area contributed by atoms with E-state index in [9.17, 15) is 9.90 Å². The van der Waals surface area contributed by atoms with Crippen LogP contribution in [0.2, 0.25) is 0 Å². The minimum Gasteiger partial charge on any atom is -0.425 e. The largest absolute Gasteiger partial charge is 0.425 e. The molecule has 0 radical (unpaired) electrons. The summed E-state index contributed by atoms with van der Waals surface area (Å²) in [5, 5.41) is 13.0. The van der Waals surface area contributed by atoms with Crippen molar-refractivity contribution in [1.82, 2.24) is 5.32 Å². The first-order valence-corrected chi connectivity index (χ1v) is 5.78. The van der Waals surface area contributed by atoms with E-state index in [2.05, 4.69) is 5.32 Å². The molecule has 0 bridgehead atoms. The van der Waals surface area contributed by atoms with Gasteiger partial charge in [-0.2, -0.15) is 0 Å². The molecule has 2 N–H and O–H groups in total. The number of aliphatic hydroxyl groups is 1. The monoisotopic (exact) mass is 231 g/mol. The number of rotatable bonds is 8. The van der Waals surface area contributed by atoms with Crippen LogP contribution in [-0.2, 0) is 14.3 Å². The zero-order chi connectivity index (χ0) is 12.2. The second-order valence-corrected chi connectivity index (χ2v) is 4.18. The molecule has 1 saturated heterocycles. The van der Waals surface area contributed by atoms with Crippen molar-refractivity contribution >= 4 is 5.97 Å². The molecule has 1 heterocycles. The van der Waals surface area contributed by atoms with Crippen LogP contribution < -0.4 is 5.32 Å². The molecule has 1 rings (SSSR count). The number of carbonyl (C=O) groups excluding carboxylic acids is 1. The van der Waals surface area contributed by atoms with Gasteiger partial charge in [0, 0.05) is 19.8 Å². The first-order chi connectivity index (χ1) is 7.50. The maximum Gasteiger partial charge on any atom is 0.372 e. The highest BCUT2D eigenvalue weighted by molar-refractivity contribution is 5.94. The smallest absolute Gasteiger partial charge is 0.372 e. The topological polar surface area (TPSA) is 71.1 Å². The highest BCUT2D eigenvalue weighted by Gasteiger charge is 2.68. The van der Waals surface area contributed by atoms with Gasteiger partial charge in [0.05, 0.1) is 0 Å². The standard InChI is InChI=1S/C11H21NO4/c1-4-10(3,14)11(9(13)16-11)12-7-6-8-15-5-2/h12,14H,4-8H2,1-3H3. The van der Waals surface area contributed by atoms with Crippen molar-refractivity contribution in [3.63, 3.8) is 0 Å². The van der Waals surface area contributed by atoms with Crippen LogP contribution in [0.25, 0.3) is 0 Å². The molecular weight excluding hydrogens is 210 g/mol. The van der Waals surface area contributed by atoms with Gasteiger partial charge < -0.3 is 14.6 Å². The van der Waals surface area contributed by atoms with Crippen LogP contribution in [0.3, 0.4) is 0 Å². The zero-order valence-corrected chi connectivity index (χ0v) is 10.2. The lowest BCUT2D eigenvalue weighted by Gasteiger charge is -2.26. The van der Waals surface area contributed by atoms with Gasteiger partial charge in [-0.25, -0.2) is 4.79 Å². The van der Waals surface area contributed by atoms with Gasteiger partial charge in [-0.15, -0.1) is 0 Å². The lowest BCUT2D eigenvalue weighted by Crippen LogP contribution is -2.53. The van der Waals surface area contributed by atoms with Crippen molar-refractivity contribution in [2.75, 3.05) is 19.8 Å². The van der Waals surface area contributed by atoms with Crippen LogP contribution in [-0.4, -0.2) is 42.2 Å². The molecule has 0 saturated carbocycles. The highest BCUT2D eigenvalue weighted by Crippen LogP contribution is 2.39. The number of ether oxygens (including phenoxy) is 2. The molecule has 0 aromatic heterocycles. The lowest BCUT2D eigenvalue weighted by molar-refractivity contribution is -0.118. The molecule has 2 atom stereocenters. The molecule has 0 spiro atoms. The summed E-state index contributed by atoms with van der Waals surface area (Å²) in [6.07, 6.45) is 1.24. The summed E-state index contributed by atoms with van der Waals surface area (Å²) in [5.41, 5.74) is -2.34. The minimum absolute atomic E-state index is 0.379. The van der Waals surface area contributed by atoms with E-state index in [1.54, 1.807) is 6.92 Å². The van der Waals surface area contributed by atoms with Crippen molar-refractivity contribution in [2.45, 2.75) is 44.9 Å². The third-order valence-electron chi connectivity index (χ3n) is 2.98. The van der Waals surface area contributed by atoms with Crippen molar-refractivity contribution < 1.29 is 19.4 Å². The number of nitrogens with one attached hydrogen (secondary N) is 1. The third kappa shape index (κ3) is 2.53. The summed E-state index contributed by atoms with van der Waals surface area (Å²) in [6.45, 7) is 7.27. The fraction of sp³-hybridized carbons (Fsp3) is 0.909. The third-order valence-corrected chi connectivity index (χ3v) is 2.98. The fourth-order valence-electron chi connectivity index (χ4n) is 1.57. The second kappa shape index (κ2) is 5.12. The molecule has 2 unspecified atom stereocenters. The van der Waals surface area contributed by atoms with Crippen molar-refractivity contribution in [1.29, 1.82) is 0 Å². The second-order valence-electron chi connectivity index (χ2n) is 4.18. The summed E-state index contributed by atoms with van der Waals surface area (Å²) < 4.78 is 10.1. The zero-order valence-electron chi connectivity index (χ0n) is 10.2. The Hall–Kier alpha value is -0.650. The van der Waals surface area contributed by atoms with Crippen LogP contribution in [0.5, 0.6) is 0 Å². The maximum atomic E-state index is 11.3. The number of cyclic esters (lactones) is 1. The van der Waals surface area contributed by atoms with Crippen LogP contribution in [0.15, 0.2) is 0 Å². The van der Waals surface area contributed by atoms with E-state index < -0.39 is 11.3 Å². The van der Waals surface area contributed by atoms with E-state index in [-0.39, 0.29) is 5.97 Å². The van der Waals surface area contributed by atoms with Gasteiger partial charge in [0.1, 0.15) is 5.60 Å². The SMILES string of the molecule is CCOCCCNC1(C(C)(O)CC)OC1=O. The predicted octanol–water partition coefficient (Wildman–Crippen LogP) is 0.417.